The minimum absolute atomic E-state index is 0.925. The molecule has 0 unspecified atom stereocenters. The average Bonchev–Trinajstić information content (AvgIpc) is 3.66. The van der Waals surface area contributed by atoms with Crippen molar-refractivity contribution in [2.24, 2.45) is 0 Å². The summed E-state index contributed by atoms with van der Waals surface area (Å²) in [5, 5.41) is 7.54. The molecular weight excluding hydrogens is 494 g/mol. The van der Waals surface area contributed by atoms with Gasteiger partial charge < -0.3 is 8.98 Å². The average molecular weight is 516 g/mol. The Morgan fingerprint density at radius 2 is 1.18 bits per heavy atom. The van der Waals surface area contributed by atoms with Crippen LogP contribution in [-0.2, 0) is 0 Å². The Labute approximate surface area is 227 Å². The topological polar surface area (TPSA) is 18.1 Å². The van der Waals surface area contributed by atoms with Crippen LogP contribution < -0.4 is 0 Å². The van der Waals surface area contributed by atoms with E-state index in [0.29, 0.717) is 0 Å². The Bertz CT molecular complexity index is 2380. The molecule has 0 bridgehead atoms. The van der Waals surface area contributed by atoms with Crippen molar-refractivity contribution >= 4 is 75.3 Å². The Morgan fingerprint density at radius 1 is 0.487 bits per heavy atom. The zero-order chi connectivity index (χ0) is 25.5. The molecule has 0 spiro atoms. The smallest absolute Gasteiger partial charge is 0.135 e. The fraction of sp³-hybridized carbons (Fsp3) is 0. The molecular formula is C36H21NOS. The maximum Gasteiger partial charge on any atom is 0.135 e. The van der Waals surface area contributed by atoms with E-state index in [1.807, 2.05) is 23.5 Å². The SMILES string of the molecule is c1ccc2c(c1)oc1ccc(-c3ccc(-n4c5ccccc5c5ccc6c7ccccc7sc6c54)cc3)cc12. The van der Waals surface area contributed by atoms with Crippen molar-refractivity contribution in [3.8, 4) is 16.8 Å². The van der Waals surface area contributed by atoms with Crippen LogP contribution in [0.3, 0.4) is 0 Å². The van der Waals surface area contributed by atoms with Crippen molar-refractivity contribution in [3.05, 3.63) is 127 Å². The number of hydrogen-bond acceptors (Lipinski definition) is 2. The molecule has 0 saturated carbocycles. The van der Waals surface area contributed by atoms with Crippen LogP contribution in [0.4, 0.5) is 0 Å². The molecule has 2 nitrogen and oxygen atoms in total. The van der Waals surface area contributed by atoms with Crippen molar-refractivity contribution < 1.29 is 4.42 Å². The Kier molecular flexibility index (Phi) is 4.24. The highest BCUT2D eigenvalue weighted by Crippen LogP contribution is 2.43. The highest BCUT2D eigenvalue weighted by Gasteiger charge is 2.17. The molecule has 0 aliphatic rings. The van der Waals surface area contributed by atoms with Gasteiger partial charge in [0.05, 0.1) is 15.7 Å². The molecule has 3 heterocycles. The Balaban J connectivity index is 1.26. The van der Waals surface area contributed by atoms with E-state index in [4.69, 9.17) is 4.42 Å². The van der Waals surface area contributed by atoms with E-state index in [9.17, 15) is 0 Å². The first-order valence-corrected chi connectivity index (χ1v) is 14.0. The molecule has 0 amide bonds. The number of aromatic nitrogens is 1. The summed E-state index contributed by atoms with van der Waals surface area (Å²) in [5.74, 6) is 0. The van der Waals surface area contributed by atoms with Crippen molar-refractivity contribution in [1.82, 2.24) is 4.57 Å². The summed E-state index contributed by atoms with van der Waals surface area (Å²) in [4.78, 5) is 0. The van der Waals surface area contributed by atoms with Crippen molar-refractivity contribution in [3.63, 3.8) is 0 Å². The molecule has 0 radical (unpaired) electrons. The number of nitrogens with zero attached hydrogens (tertiary/aromatic N) is 1. The number of thiophene rings is 1. The van der Waals surface area contributed by atoms with Gasteiger partial charge in [0.2, 0.25) is 0 Å². The summed E-state index contributed by atoms with van der Waals surface area (Å²) in [6.45, 7) is 0. The van der Waals surface area contributed by atoms with Crippen LogP contribution in [0.2, 0.25) is 0 Å². The van der Waals surface area contributed by atoms with Gasteiger partial charge in [0.15, 0.2) is 0 Å². The first-order valence-electron chi connectivity index (χ1n) is 13.2. The molecule has 6 aromatic carbocycles. The lowest BCUT2D eigenvalue weighted by Crippen LogP contribution is -1.93. The van der Waals surface area contributed by atoms with Gasteiger partial charge in [-0.2, -0.15) is 0 Å². The zero-order valence-corrected chi connectivity index (χ0v) is 21.7. The first-order chi connectivity index (χ1) is 19.3. The normalized spacial score (nSPS) is 12.1. The molecule has 9 aromatic rings. The fourth-order valence-corrected chi connectivity index (χ4v) is 7.45. The van der Waals surface area contributed by atoms with Crippen LogP contribution in [0.1, 0.15) is 0 Å². The molecule has 182 valence electrons. The largest absolute Gasteiger partial charge is 0.456 e. The quantitative estimate of drug-likeness (QED) is 0.224. The number of benzene rings is 6. The summed E-state index contributed by atoms with van der Waals surface area (Å²) in [6.07, 6.45) is 0. The van der Waals surface area contributed by atoms with Gasteiger partial charge in [-0.15, -0.1) is 11.3 Å². The van der Waals surface area contributed by atoms with Gasteiger partial charge in [-0.3, -0.25) is 0 Å². The van der Waals surface area contributed by atoms with Gasteiger partial charge in [0.25, 0.3) is 0 Å². The Hall–Kier alpha value is -4.86. The first kappa shape index (κ1) is 21.1. The van der Waals surface area contributed by atoms with Gasteiger partial charge >= 0.3 is 0 Å². The number of rotatable bonds is 2. The Morgan fingerprint density at radius 3 is 2.08 bits per heavy atom. The molecule has 9 rings (SSSR count). The van der Waals surface area contributed by atoms with Crippen LogP contribution in [-0.4, -0.2) is 4.57 Å². The minimum atomic E-state index is 0.925. The second-order valence-corrected chi connectivity index (χ2v) is 11.2. The molecule has 0 N–H and O–H groups in total. The molecule has 0 aliphatic heterocycles. The lowest BCUT2D eigenvalue weighted by atomic mass is 10.0. The molecule has 0 aliphatic carbocycles. The van der Waals surface area contributed by atoms with E-state index in [1.165, 1.54) is 58.8 Å². The van der Waals surface area contributed by atoms with E-state index in [2.05, 4.69) is 120 Å². The summed E-state index contributed by atoms with van der Waals surface area (Å²) < 4.78 is 11.2. The van der Waals surface area contributed by atoms with Gasteiger partial charge in [-0.05, 0) is 53.6 Å². The molecule has 0 atom stereocenters. The van der Waals surface area contributed by atoms with Crippen LogP contribution in [0, 0.1) is 0 Å². The third-order valence-electron chi connectivity index (χ3n) is 8.02. The number of hydrogen-bond donors (Lipinski definition) is 0. The van der Waals surface area contributed by atoms with Gasteiger partial charge in [0, 0.05) is 42.7 Å². The molecule has 39 heavy (non-hydrogen) atoms. The van der Waals surface area contributed by atoms with E-state index >= 15 is 0 Å². The molecule has 3 heteroatoms. The lowest BCUT2D eigenvalue weighted by molar-refractivity contribution is 0.669. The van der Waals surface area contributed by atoms with Crippen LogP contribution in [0.5, 0.6) is 0 Å². The van der Waals surface area contributed by atoms with E-state index in [0.717, 1.165) is 21.9 Å². The number of fused-ring (bicyclic) bond motifs is 10. The van der Waals surface area contributed by atoms with Crippen molar-refractivity contribution in [2.75, 3.05) is 0 Å². The van der Waals surface area contributed by atoms with E-state index in [1.54, 1.807) is 0 Å². The van der Waals surface area contributed by atoms with Gasteiger partial charge in [0.1, 0.15) is 11.2 Å². The minimum Gasteiger partial charge on any atom is -0.456 e. The predicted octanol–water partition coefficient (Wildman–Crippen LogP) is 10.7. The number of furan rings is 1. The third-order valence-corrected chi connectivity index (χ3v) is 9.21. The maximum absolute atomic E-state index is 6.05. The molecule has 0 fully saturated rings. The number of para-hydroxylation sites is 2. The van der Waals surface area contributed by atoms with E-state index < -0.39 is 0 Å². The maximum atomic E-state index is 6.05. The molecule has 0 saturated heterocycles. The second kappa shape index (κ2) is 7.83. The van der Waals surface area contributed by atoms with Crippen LogP contribution in [0.25, 0.3) is 80.7 Å². The zero-order valence-electron chi connectivity index (χ0n) is 20.9. The lowest BCUT2D eigenvalue weighted by Gasteiger charge is -2.10. The standard InChI is InChI=1S/C36H21NOS/c1-4-10-31-25(7-1)28-18-19-29-27-9-3-6-12-34(27)39-36(29)35(28)37(31)24-16-13-22(14-17-24)23-15-20-33-30(21-23)26-8-2-5-11-32(26)38-33/h1-21H. The van der Waals surface area contributed by atoms with Crippen molar-refractivity contribution in [2.45, 2.75) is 0 Å². The fourth-order valence-electron chi connectivity index (χ4n) is 6.21. The summed E-state index contributed by atoms with van der Waals surface area (Å²) in [5.41, 5.74) is 7.93. The highest BCUT2D eigenvalue weighted by molar-refractivity contribution is 7.26. The van der Waals surface area contributed by atoms with Gasteiger partial charge in [-0.1, -0.05) is 84.9 Å². The third kappa shape index (κ3) is 2.96. The van der Waals surface area contributed by atoms with Crippen molar-refractivity contribution in [1.29, 1.82) is 0 Å². The predicted molar refractivity (Wildman–Crippen MR) is 166 cm³/mol. The monoisotopic (exact) mass is 515 g/mol. The van der Waals surface area contributed by atoms with Gasteiger partial charge in [-0.25, -0.2) is 0 Å². The van der Waals surface area contributed by atoms with Crippen LogP contribution in [0.15, 0.2) is 132 Å². The summed E-state index contributed by atoms with van der Waals surface area (Å²) in [7, 11) is 0. The summed E-state index contributed by atoms with van der Waals surface area (Å²) in [6, 6.07) is 45.8. The molecule has 3 aromatic heterocycles. The highest BCUT2D eigenvalue weighted by atomic mass is 32.1. The van der Waals surface area contributed by atoms with Crippen LogP contribution >= 0.6 is 11.3 Å². The summed E-state index contributed by atoms with van der Waals surface area (Å²) >= 11 is 1.89. The van der Waals surface area contributed by atoms with E-state index in [-0.39, 0.29) is 0 Å². The second-order valence-electron chi connectivity index (χ2n) is 10.1.